The highest BCUT2D eigenvalue weighted by molar-refractivity contribution is 9.10. The van der Waals surface area contributed by atoms with Gasteiger partial charge in [-0.2, -0.15) is 0 Å². The van der Waals surface area contributed by atoms with Crippen LogP contribution in [0, 0.1) is 0 Å². The van der Waals surface area contributed by atoms with Gasteiger partial charge in [0.1, 0.15) is 0 Å². The normalized spacial score (nSPS) is 15.8. The molecule has 0 spiro atoms. The highest BCUT2D eigenvalue weighted by Gasteiger charge is 2.19. The molecule has 1 saturated carbocycles. The predicted octanol–water partition coefficient (Wildman–Crippen LogP) is 4.27. The van der Waals surface area contributed by atoms with Gasteiger partial charge in [-0.15, -0.1) is 0 Å². The summed E-state index contributed by atoms with van der Waals surface area (Å²) in [6.07, 6.45) is 4.67. The zero-order valence-corrected chi connectivity index (χ0v) is 12.2. The average molecular weight is 318 g/mol. The lowest BCUT2D eigenvalue weighted by Crippen LogP contribution is -2.32. The van der Waals surface area contributed by atoms with Crippen LogP contribution >= 0.6 is 15.9 Å². The fraction of sp³-hybridized carbons (Fsp3) is 0.312. The maximum Gasteiger partial charge on any atom is 0.252 e. The minimum atomic E-state index is 0.0457. The number of benzene rings is 2. The number of halogens is 1. The molecule has 1 fully saturated rings. The van der Waals surface area contributed by atoms with Crippen molar-refractivity contribution in [3.63, 3.8) is 0 Å². The van der Waals surface area contributed by atoms with Gasteiger partial charge < -0.3 is 5.32 Å². The first-order valence-corrected chi connectivity index (χ1v) is 7.53. The van der Waals surface area contributed by atoms with Crippen LogP contribution in [0.5, 0.6) is 0 Å². The molecule has 1 amide bonds. The Morgan fingerprint density at radius 3 is 2.53 bits per heavy atom. The fourth-order valence-electron chi connectivity index (χ4n) is 2.82. The summed E-state index contributed by atoms with van der Waals surface area (Å²) < 4.78 is 0.974. The number of hydrogen-bond donors (Lipinski definition) is 1. The standard InChI is InChI=1S/C16H16BrNO/c17-14-10-4-6-11-5-3-9-13(15(11)14)16(19)18-12-7-1-2-8-12/h3-6,9-10,12H,1-2,7-8H2,(H,18,19). The Kier molecular flexibility index (Phi) is 3.56. The first kappa shape index (κ1) is 12.7. The largest absolute Gasteiger partial charge is 0.349 e. The Labute approximate surface area is 121 Å². The van der Waals surface area contributed by atoms with Gasteiger partial charge >= 0.3 is 0 Å². The van der Waals surface area contributed by atoms with Crippen LogP contribution < -0.4 is 5.32 Å². The molecule has 3 heteroatoms. The van der Waals surface area contributed by atoms with Gasteiger partial charge in [-0.3, -0.25) is 4.79 Å². The zero-order chi connectivity index (χ0) is 13.2. The van der Waals surface area contributed by atoms with E-state index in [1.807, 2.05) is 36.4 Å². The van der Waals surface area contributed by atoms with Crippen LogP contribution in [0.1, 0.15) is 36.0 Å². The molecule has 0 radical (unpaired) electrons. The highest BCUT2D eigenvalue weighted by Crippen LogP contribution is 2.27. The molecule has 19 heavy (non-hydrogen) atoms. The van der Waals surface area contributed by atoms with Gasteiger partial charge in [0.15, 0.2) is 0 Å². The van der Waals surface area contributed by atoms with Crippen LogP contribution in [0.2, 0.25) is 0 Å². The number of carbonyl (C=O) groups excluding carboxylic acids is 1. The second kappa shape index (κ2) is 5.33. The first-order valence-electron chi connectivity index (χ1n) is 6.74. The molecule has 0 heterocycles. The third kappa shape index (κ3) is 2.52. The summed E-state index contributed by atoms with van der Waals surface area (Å²) in [5.41, 5.74) is 0.761. The van der Waals surface area contributed by atoms with Gasteiger partial charge in [0, 0.05) is 21.5 Å². The molecule has 0 saturated heterocycles. The Balaban J connectivity index is 1.97. The maximum atomic E-state index is 12.4. The van der Waals surface area contributed by atoms with Crippen LogP contribution in [0.4, 0.5) is 0 Å². The molecule has 0 atom stereocenters. The fourth-order valence-corrected chi connectivity index (χ4v) is 3.41. The zero-order valence-electron chi connectivity index (χ0n) is 10.7. The Hall–Kier alpha value is -1.35. The summed E-state index contributed by atoms with van der Waals surface area (Å²) in [6, 6.07) is 12.2. The van der Waals surface area contributed by atoms with E-state index in [-0.39, 0.29) is 5.91 Å². The number of amides is 1. The van der Waals surface area contributed by atoms with E-state index in [0.29, 0.717) is 6.04 Å². The molecule has 0 unspecified atom stereocenters. The predicted molar refractivity (Wildman–Crippen MR) is 81.4 cm³/mol. The summed E-state index contributed by atoms with van der Waals surface area (Å²) >= 11 is 3.55. The lowest BCUT2D eigenvalue weighted by molar-refractivity contribution is 0.0939. The van der Waals surface area contributed by atoms with Crippen LogP contribution in [0.3, 0.4) is 0 Å². The Morgan fingerprint density at radius 2 is 1.79 bits per heavy atom. The summed E-state index contributed by atoms with van der Waals surface area (Å²) in [7, 11) is 0. The lowest BCUT2D eigenvalue weighted by Gasteiger charge is -2.14. The van der Waals surface area contributed by atoms with E-state index in [4.69, 9.17) is 0 Å². The molecule has 1 aliphatic rings. The van der Waals surface area contributed by atoms with E-state index in [2.05, 4.69) is 21.2 Å². The van der Waals surface area contributed by atoms with Crippen LogP contribution in [-0.2, 0) is 0 Å². The first-order chi connectivity index (χ1) is 9.25. The van der Waals surface area contributed by atoms with Gasteiger partial charge in [0.25, 0.3) is 5.91 Å². The van der Waals surface area contributed by atoms with Crippen LogP contribution in [0.15, 0.2) is 40.9 Å². The molecule has 1 N–H and O–H groups in total. The molecular weight excluding hydrogens is 302 g/mol. The number of nitrogens with one attached hydrogen (secondary N) is 1. The van der Waals surface area contributed by atoms with E-state index in [0.717, 1.165) is 33.7 Å². The van der Waals surface area contributed by atoms with Crippen molar-refractivity contribution in [3.05, 3.63) is 46.4 Å². The average Bonchev–Trinajstić information content (AvgIpc) is 2.91. The summed E-state index contributed by atoms with van der Waals surface area (Å²) in [6.45, 7) is 0. The Morgan fingerprint density at radius 1 is 1.11 bits per heavy atom. The minimum Gasteiger partial charge on any atom is -0.349 e. The SMILES string of the molecule is O=C(NC1CCCC1)c1cccc2cccc(Br)c12. The second-order valence-electron chi connectivity index (χ2n) is 5.10. The molecule has 3 rings (SSSR count). The molecule has 98 valence electrons. The molecule has 2 aromatic carbocycles. The maximum absolute atomic E-state index is 12.4. The number of carbonyl (C=O) groups is 1. The van der Waals surface area contributed by atoms with E-state index >= 15 is 0 Å². The summed E-state index contributed by atoms with van der Waals surface area (Å²) in [5, 5.41) is 5.25. The Bertz CT molecular complexity index is 612. The van der Waals surface area contributed by atoms with Crippen molar-refractivity contribution in [1.29, 1.82) is 0 Å². The number of rotatable bonds is 2. The van der Waals surface area contributed by atoms with Gasteiger partial charge in [-0.1, -0.05) is 53.0 Å². The van der Waals surface area contributed by atoms with Crippen molar-refractivity contribution in [2.24, 2.45) is 0 Å². The monoisotopic (exact) mass is 317 g/mol. The minimum absolute atomic E-state index is 0.0457. The van der Waals surface area contributed by atoms with E-state index in [9.17, 15) is 4.79 Å². The molecular formula is C16H16BrNO. The van der Waals surface area contributed by atoms with E-state index in [1.54, 1.807) is 0 Å². The summed E-state index contributed by atoms with van der Waals surface area (Å²) in [5.74, 6) is 0.0457. The van der Waals surface area contributed by atoms with Crippen molar-refractivity contribution >= 4 is 32.6 Å². The van der Waals surface area contributed by atoms with Gasteiger partial charge in [0.2, 0.25) is 0 Å². The quantitative estimate of drug-likeness (QED) is 0.880. The lowest BCUT2D eigenvalue weighted by atomic mass is 10.0. The topological polar surface area (TPSA) is 29.1 Å². The van der Waals surface area contributed by atoms with E-state index < -0.39 is 0 Å². The molecule has 0 aromatic heterocycles. The molecule has 0 aliphatic heterocycles. The van der Waals surface area contributed by atoms with Gasteiger partial charge in [-0.25, -0.2) is 0 Å². The van der Waals surface area contributed by atoms with Gasteiger partial charge in [0.05, 0.1) is 0 Å². The van der Waals surface area contributed by atoms with Crippen molar-refractivity contribution in [2.75, 3.05) is 0 Å². The van der Waals surface area contributed by atoms with Crippen molar-refractivity contribution in [2.45, 2.75) is 31.7 Å². The number of hydrogen-bond acceptors (Lipinski definition) is 1. The number of fused-ring (bicyclic) bond motifs is 1. The van der Waals surface area contributed by atoms with Crippen molar-refractivity contribution in [3.8, 4) is 0 Å². The molecule has 2 aromatic rings. The second-order valence-corrected chi connectivity index (χ2v) is 5.95. The third-order valence-electron chi connectivity index (χ3n) is 3.79. The summed E-state index contributed by atoms with van der Waals surface area (Å²) in [4.78, 5) is 12.4. The third-order valence-corrected chi connectivity index (χ3v) is 4.45. The van der Waals surface area contributed by atoms with Crippen LogP contribution in [-0.4, -0.2) is 11.9 Å². The van der Waals surface area contributed by atoms with Crippen molar-refractivity contribution in [1.82, 2.24) is 5.32 Å². The van der Waals surface area contributed by atoms with Crippen molar-refractivity contribution < 1.29 is 4.79 Å². The smallest absolute Gasteiger partial charge is 0.252 e. The highest BCUT2D eigenvalue weighted by atomic mass is 79.9. The van der Waals surface area contributed by atoms with Crippen LogP contribution in [0.25, 0.3) is 10.8 Å². The molecule has 1 aliphatic carbocycles. The van der Waals surface area contributed by atoms with Gasteiger partial charge in [-0.05, 0) is 30.4 Å². The van der Waals surface area contributed by atoms with E-state index in [1.165, 1.54) is 12.8 Å². The molecule has 0 bridgehead atoms. The molecule has 2 nitrogen and oxygen atoms in total.